The van der Waals surface area contributed by atoms with Gasteiger partial charge < -0.3 is 10.1 Å². The minimum absolute atomic E-state index is 0.414. The Morgan fingerprint density at radius 3 is 2.43 bits per heavy atom. The molecule has 120 valence electrons. The molecule has 0 aliphatic rings. The Balaban J connectivity index is 1.97. The third-order valence-corrected chi connectivity index (χ3v) is 5.10. The maximum absolute atomic E-state index is 10.5. The average molecular weight is 333 g/mol. The Hall–Kier alpha value is -0.760. The first-order valence-electron chi connectivity index (χ1n) is 6.97. The second kappa shape index (κ2) is 10.0. The molecule has 1 rings (SSSR count). The van der Waals surface area contributed by atoms with Gasteiger partial charge in [-0.3, -0.25) is 4.55 Å². The zero-order valence-electron chi connectivity index (χ0n) is 12.2. The maximum atomic E-state index is 10.5. The summed E-state index contributed by atoms with van der Waals surface area (Å²) >= 11 is 0. The first kappa shape index (κ1) is 18.3. The van der Waals surface area contributed by atoms with Crippen LogP contribution in [0.25, 0.3) is 0 Å². The molecule has 2 N–H and O–H groups in total. The normalized spacial score (nSPS) is 11.5. The van der Waals surface area contributed by atoms with E-state index in [1.807, 2.05) is 12.1 Å². The van der Waals surface area contributed by atoms with E-state index in [1.54, 1.807) is 7.11 Å². The Bertz CT molecular complexity index is 488. The number of nitrogens with one attached hydrogen (secondary N) is 1. The predicted molar refractivity (Wildman–Crippen MR) is 87.4 cm³/mol. The van der Waals surface area contributed by atoms with Crippen LogP contribution in [0, 0.1) is 0 Å². The Morgan fingerprint density at radius 2 is 1.81 bits per heavy atom. The van der Waals surface area contributed by atoms with Gasteiger partial charge in [-0.2, -0.15) is 8.42 Å². The maximum Gasteiger partial charge on any atom is 0.319 e. The second-order valence-electron chi connectivity index (χ2n) is 4.66. The summed E-state index contributed by atoms with van der Waals surface area (Å²) in [7, 11) is -1.64. The highest BCUT2D eigenvalue weighted by atomic mass is 33.1. The molecule has 0 fully saturated rings. The number of hydrogen-bond acceptors (Lipinski definition) is 5. The van der Waals surface area contributed by atoms with Crippen LogP contribution in [0.15, 0.2) is 24.3 Å². The lowest BCUT2D eigenvalue weighted by atomic mass is 10.1. The fourth-order valence-corrected chi connectivity index (χ4v) is 3.32. The van der Waals surface area contributed by atoms with Crippen molar-refractivity contribution in [2.75, 3.05) is 26.0 Å². The third-order valence-electron chi connectivity index (χ3n) is 2.96. The van der Waals surface area contributed by atoms with E-state index in [0.717, 1.165) is 44.5 Å². The fraction of sp³-hybridized carbons (Fsp3) is 0.571. The Labute approximate surface area is 130 Å². The van der Waals surface area contributed by atoms with Crippen LogP contribution in [0.5, 0.6) is 5.75 Å². The summed E-state index contributed by atoms with van der Waals surface area (Å²) < 4.78 is 34.6. The quantitative estimate of drug-likeness (QED) is 0.368. The second-order valence-corrected chi connectivity index (χ2v) is 8.13. The fourth-order valence-electron chi connectivity index (χ4n) is 1.86. The van der Waals surface area contributed by atoms with Gasteiger partial charge in [0.1, 0.15) is 5.75 Å². The molecule has 1 aromatic rings. The van der Waals surface area contributed by atoms with Gasteiger partial charge in [-0.05, 0) is 67.3 Å². The standard InChI is InChI=1S/C14H23NO4S2/c1-19-14-8-6-13(7-9-14)5-2-3-10-15-11-4-12-20-21(16,17)18/h6-9,15H,2-5,10-12H2,1H3,(H,16,17,18). The van der Waals surface area contributed by atoms with Crippen LogP contribution in [0.3, 0.4) is 0 Å². The lowest BCUT2D eigenvalue weighted by Crippen LogP contribution is -2.17. The molecule has 0 saturated carbocycles. The number of hydrogen-bond donors (Lipinski definition) is 2. The van der Waals surface area contributed by atoms with Gasteiger partial charge >= 0.3 is 9.15 Å². The van der Waals surface area contributed by atoms with E-state index in [4.69, 9.17) is 9.29 Å². The summed E-state index contributed by atoms with van der Waals surface area (Å²) in [5.41, 5.74) is 1.31. The van der Waals surface area contributed by atoms with Crippen molar-refractivity contribution in [2.24, 2.45) is 0 Å². The lowest BCUT2D eigenvalue weighted by molar-refractivity contribution is 0.414. The van der Waals surface area contributed by atoms with Crippen LogP contribution < -0.4 is 10.1 Å². The number of benzene rings is 1. The molecule has 21 heavy (non-hydrogen) atoms. The monoisotopic (exact) mass is 333 g/mol. The molecule has 0 amide bonds. The molecular weight excluding hydrogens is 310 g/mol. The average Bonchev–Trinajstić information content (AvgIpc) is 2.45. The Kier molecular flexibility index (Phi) is 8.75. The smallest absolute Gasteiger partial charge is 0.319 e. The summed E-state index contributed by atoms with van der Waals surface area (Å²) in [5.74, 6) is 1.29. The van der Waals surface area contributed by atoms with Crippen molar-refractivity contribution >= 4 is 19.9 Å². The van der Waals surface area contributed by atoms with Crippen molar-refractivity contribution in [3.63, 3.8) is 0 Å². The van der Waals surface area contributed by atoms with E-state index in [9.17, 15) is 8.42 Å². The highest BCUT2D eigenvalue weighted by Crippen LogP contribution is 2.13. The number of unbranched alkanes of at least 4 members (excludes halogenated alkanes) is 1. The van der Waals surface area contributed by atoms with Crippen molar-refractivity contribution in [3.8, 4) is 5.75 Å². The summed E-state index contributed by atoms with van der Waals surface area (Å²) in [4.78, 5) is 0. The summed E-state index contributed by atoms with van der Waals surface area (Å²) in [5, 5.41) is 3.27. The third kappa shape index (κ3) is 9.73. The van der Waals surface area contributed by atoms with Crippen molar-refractivity contribution < 1.29 is 17.7 Å². The summed E-state index contributed by atoms with van der Waals surface area (Å²) in [6.07, 6.45) is 3.96. The van der Waals surface area contributed by atoms with Gasteiger partial charge in [0.2, 0.25) is 0 Å². The molecule has 0 radical (unpaired) electrons. The van der Waals surface area contributed by atoms with Gasteiger partial charge in [0.05, 0.1) is 7.11 Å². The van der Waals surface area contributed by atoms with Gasteiger partial charge in [0.15, 0.2) is 0 Å². The van der Waals surface area contributed by atoms with Crippen LogP contribution >= 0.6 is 10.8 Å². The van der Waals surface area contributed by atoms with Crippen LogP contribution in [0.2, 0.25) is 0 Å². The molecule has 0 aromatic heterocycles. The minimum Gasteiger partial charge on any atom is -0.497 e. The Morgan fingerprint density at radius 1 is 1.14 bits per heavy atom. The molecule has 0 bridgehead atoms. The van der Waals surface area contributed by atoms with Gasteiger partial charge in [0.25, 0.3) is 0 Å². The van der Waals surface area contributed by atoms with Gasteiger partial charge in [-0.25, -0.2) is 0 Å². The van der Waals surface area contributed by atoms with Crippen molar-refractivity contribution in [1.82, 2.24) is 5.32 Å². The molecule has 5 nitrogen and oxygen atoms in total. The van der Waals surface area contributed by atoms with E-state index in [1.165, 1.54) is 5.56 Å². The molecule has 0 aliphatic carbocycles. The first-order chi connectivity index (χ1) is 10.0. The molecule has 0 saturated heterocycles. The zero-order valence-corrected chi connectivity index (χ0v) is 13.9. The van der Waals surface area contributed by atoms with Crippen LogP contribution in [-0.4, -0.2) is 38.9 Å². The van der Waals surface area contributed by atoms with Crippen molar-refractivity contribution in [1.29, 1.82) is 0 Å². The molecular formula is C14H23NO4S2. The van der Waals surface area contributed by atoms with Crippen LogP contribution in [-0.2, 0) is 15.6 Å². The molecule has 1 aromatic carbocycles. The van der Waals surface area contributed by atoms with E-state index in [2.05, 4.69) is 17.4 Å². The topological polar surface area (TPSA) is 75.6 Å². The highest BCUT2D eigenvalue weighted by molar-refractivity contribution is 8.69. The first-order valence-corrected chi connectivity index (χ1v) is 9.91. The van der Waals surface area contributed by atoms with E-state index < -0.39 is 9.15 Å². The zero-order chi connectivity index (χ0) is 15.6. The minimum atomic E-state index is -3.88. The van der Waals surface area contributed by atoms with Gasteiger partial charge in [0, 0.05) is 5.75 Å². The van der Waals surface area contributed by atoms with Gasteiger partial charge in [-0.1, -0.05) is 12.1 Å². The largest absolute Gasteiger partial charge is 0.497 e. The lowest BCUT2D eigenvalue weighted by Gasteiger charge is -2.05. The van der Waals surface area contributed by atoms with Crippen molar-refractivity contribution in [2.45, 2.75) is 25.7 Å². The number of methoxy groups -OCH3 is 1. The molecule has 0 heterocycles. The van der Waals surface area contributed by atoms with Crippen LogP contribution in [0.4, 0.5) is 0 Å². The van der Waals surface area contributed by atoms with Gasteiger partial charge in [-0.15, -0.1) is 0 Å². The molecule has 0 aliphatic heterocycles. The highest BCUT2D eigenvalue weighted by Gasteiger charge is 2.03. The van der Waals surface area contributed by atoms with E-state index in [0.29, 0.717) is 16.5 Å². The molecule has 0 atom stereocenters. The summed E-state index contributed by atoms with van der Waals surface area (Å²) in [6, 6.07) is 8.11. The van der Waals surface area contributed by atoms with Crippen LogP contribution in [0.1, 0.15) is 24.8 Å². The van der Waals surface area contributed by atoms with E-state index >= 15 is 0 Å². The van der Waals surface area contributed by atoms with E-state index in [-0.39, 0.29) is 0 Å². The predicted octanol–water partition coefficient (Wildman–Crippen LogP) is 2.53. The molecule has 7 heteroatoms. The van der Waals surface area contributed by atoms with Crippen molar-refractivity contribution in [3.05, 3.63) is 29.8 Å². The molecule has 0 unspecified atom stereocenters. The summed E-state index contributed by atoms with van der Waals surface area (Å²) in [6.45, 7) is 1.69. The number of aryl methyl sites for hydroxylation is 1. The number of rotatable bonds is 11. The SMILES string of the molecule is COc1ccc(CCCCNCCCSS(=O)(=O)O)cc1. The number of ether oxygens (including phenoxy) is 1. The molecule has 0 spiro atoms.